The molecule has 1 saturated heterocycles. The fraction of sp³-hybridized carbons (Fsp3) is 0.222. The molecule has 10 heteroatoms. The molecule has 144 valence electrons. The minimum Gasteiger partial charge on any atom is -0.368 e. The number of halogens is 2. The molecule has 4 rings (SSSR count). The van der Waals surface area contributed by atoms with Crippen molar-refractivity contribution >= 4 is 51.5 Å². The highest BCUT2D eigenvalue weighted by Gasteiger charge is 2.25. The fourth-order valence-corrected chi connectivity index (χ4v) is 3.53. The van der Waals surface area contributed by atoms with Gasteiger partial charge in [0.05, 0.1) is 26.0 Å². The summed E-state index contributed by atoms with van der Waals surface area (Å²) in [5.74, 6) is 0.0592. The van der Waals surface area contributed by atoms with E-state index in [4.69, 9.17) is 23.2 Å². The van der Waals surface area contributed by atoms with Crippen LogP contribution in [0.1, 0.15) is 10.6 Å². The number of amides is 1. The second-order valence-electron chi connectivity index (χ2n) is 6.42. The van der Waals surface area contributed by atoms with Crippen LogP contribution in [-0.2, 0) is 0 Å². The Labute approximate surface area is 169 Å². The number of nitrogens with zero attached hydrogens (tertiary/aromatic N) is 4. The van der Waals surface area contributed by atoms with Gasteiger partial charge in [0.25, 0.3) is 11.6 Å². The number of fused-ring (bicyclic) bond motifs is 1. The SMILES string of the molecule is O=C(c1nc2cc(Cl)c(Cl)cc2[nH]1)N1CCN(c2ccc([N+](=O)[O-])cc2)CC1. The van der Waals surface area contributed by atoms with Crippen molar-refractivity contribution in [1.82, 2.24) is 14.9 Å². The lowest BCUT2D eigenvalue weighted by Crippen LogP contribution is -2.49. The van der Waals surface area contributed by atoms with Crippen LogP contribution in [0.5, 0.6) is 0 Å². The zero-order valence-corrected chi connectivity index (χ0v) is 16.1. The Morgan fingerprint density at radius 2 is 1.71 bits per heavy atom. The summed E-state index contributed by atoms with van der Waals surface area (Å²) in [6.45, 7) is 2.30. The zero-order chi connectivity index (χ0) is 19.8. The quantitative estimate of drug-likeness (QED) is 0.515. The van der Waals surface area contributed by atoms with Gasteiger partial charge >= 0.3 is 0 Å². The highest BCUT2D eigenvalue weighted by atomic mass is 35.5. The third kappa shape index (κ3) is 3.48. The van der Waals surface area contributed by atoms with Crippen LogP contribution in [0, 0.1) is 10.1 Å². The summed E-state index contributed by atoms with van der Waals surface area (Å²) in [4.78, 5) is 34.3. The molecule has 8 nitrogen and oxygen atoms in total. The first-order valence-corrected chi connectivity index (χ1v) is 9.31. The number of carbonyl (C=O) groups excluding carboxylic acids is 1. The maximum Gasteiger partial charge on any atom is 0.289 e. The van der Waals surface area contributed by atoms with Crippen LogP contribution in [0.4, 0.5) is 11.4 Å². The highest BCUT2D eigenvalue weighted by Crippen LogP contribution is 2.27. The van der Waals surface area contributed by atoms with Crippen LogP contribution < -0.4 is 4.90 Å². The van der Waals surface area contributed by atoms with Gasteiger partial charge in [0, 0.05) is 44.0 Å². The summed E-state index contributed by atoms with van der Waals surface area (Å²) in [6, 6.07) is 9.69. The Morgan fingerprint density at radius 1 is 1.07 bits per heavy atom. The molecule has 0 atom stereocenters. The summed E-state index contributed by atoms with van der Waals surface area (Å²) in [5, 5.41) is 11.5. The van der Waals surface area contributed by atoms with Crippen LogP contribution >= 0.6 is 23.2 Å². The monoisotopic (exact) mass is 419 g/mol. The average molecular weight is 420 g/mol. The Morgan fingerprint density at radius 3 is 2.36 bits per heavy atom. The molecule has 1 aliphatic rings. The Balaban J connectivity index is 1.44. The van der Waals surface area contributed by atoms with Crippen molar-refractivity contribution in [1.29, 1.82) is 0 Å². The Hall–Kier alpha value is -2.84. The van der Waals surface area contributed by atoms with E-state index in [0.717, 1.165) is 5.69 Å². The second kappa shape index (κ2) is 7.29. The number of nitro groups is 1. The smallest absolute Gasteiger partial charge is 0.289 e. The maximum absolute atomic E-state index is 12.8. The number of H-pyrrole nitrogens is 1. The van der Waals surface area contributed by atoms with Gasteiger partial charge in [-0.1, -0.05) is 23.2 Å². The molecule has 2 heterocycles. The second-order valence-corrected chi connectivity index (χ2v) is 7.24. The molecule has 28 heavy (non-hydrogen) atoms. The number of nitro benzene ring substituents is 1. The molecule has 1 aliphatic heterocycles. The van der Waals surface area contributed by atoms with E-state index >= 15 is 0 Å². The number of rotatable bonds is 3. The lowest BCUT2D eigenvalue weighted by Gasteiger charge is -2.35. The van der Waals surface area contributed by atoms with Crippen molar-refractivity contribution in [2.45, 2.75) is 0 Å². The lowest BCUT2D eigenvalue weighted by atomic mass is 10.2. The van der Waals surface area contributed by atoms with Crippen molar-refractivity contribution in [2.75, 3.05) is 31.1 Å². The molecule has 0 radical (unpaired) electrons. The molecular formula is C18H15Cl2N5O3. The largest absolute Gasteiger partial charge is 0.368 e. The number of aromatic nitrogens is 2. The van der Waals surface area contributed by atoms with Gasteiger partial charge < -0.3 is 14.8 Å². The standard InChI is InChI=1S/C18H15Cl2N5O3/c19-13-9-15-16(10-14(13)20)22-17(21-15)18(26)24-7-5-23(6-8-24)11-1-3-12(4-2-11)25(27)28/h1-4,9-10H,5-8H2,(H,21,22). The molecule has 0 unspecified atom stereocenters. The maximum atomic E-state index is 12.8. The third-order valence-corrected chi connectivity index (χ3v) is 5.44. The van der Waals surface area contributed by atoms with Crippen molar-refractivity contribution < 1.29 is 9.72 Å². The summed E-state index contributed by atoms with van der Waals surface area (Å²) in [7, 11) is 0. The van der Waals surface area contributed by atoms with Gasteiger partial charge in [-0.25, -0.2) is 4.98 Å². The van der Waals surface area contributed by atoms with E-state index in [1.165, 1.54) is 12.1 Å². The first kappa shape index (κ1) is 18.5. The number of imidazole rings is 1. The number of hydrogen-bond acceptors (Lipinski definition) is 5. The van der Waals surface area contributed by atoms with E-state index < -0.39 is 4.92 Å². The van der Waals surface area contributed by atoms with E-state index in [9.17, 15) is 14.9 Å². The molecule has 0 saturated carbocycles. The van der Waals surface area contributed by atoms with Crippen molar-refractivity contribution in [2.24, 2.45) is 0 Å². The predicted molar refractivity (Wildman–Crippen MR) is 107 cm³/mol. The topological polar surface area (TPSA) is 95.4 Å². The number of nitrogens with one attached hydrogen (secondary N) is 1. The number of benzene rings is 2. The number of anilines is 1. The van der Waals surface area contributed by atoms with Crippen molar-refractivity contribution in [3.63, 3.8) is 0 Å². The number of hydrogen-bond donors (Lipinski definition) is 1. The first-order chi connectivity index (χ1) is 13.4. The van der Waals surface area contributed by atoms with Gasteiger partial charge in [-0.05, 0) is 24.3 Å². The number of piperazine rings is 1. The van der Waals surface area contributed by atoms with Gasteiger partial charge in [-0.2, -0.15) is 0 Å². The molecule has 0 bridgehead atoms. The molecule has 2 aromatic carbocycles. The molecule has 1 fully saturated rings. The van der Waals surface area contributed by atoms with Crippen LogP contribution in [-0.4, -0.2) is 51.9 Å². The minimum atomic E-state index is -0.423. The van der Waals surface area contributed by atoms with E-state index in [1.54, 1.807) is 29.2 Å². The van der Waals surface area contributed by atoms with Crippen LogP contribution in [0.25, 0.3) is 11.0 Å². The van der Waals surface area contributed by atoms with Crippen LogP contribution in [0.2, 0.25) is 10.0 Å². The van der Waals surface area contributed by atoms with Crippen LogP contribution in [0.15, 0.2) is 36.4 Å². The van der Waals surface area contributed by atoms with Gasteiger partial charge in [0.2, 0.25) is 0 Å². The number of carbonyl (C=O) groups is 1. The number of non-ortho nitro benzene ring substituents is 1. The fourth-order valence-electron chi connectivity index (χ4n) is 3.21. The molecule has 1 amide bonds. The van der Waals surface area contributed by atoms with E-state index in [1.807, 2.05) is 0 Å². The van der Waals surface area contributed by atoms with Crippen LogP contribution in [0.3, 0.4) is 0 Å². The van der Waals surface area contributed by atoms with E-state index in [2.05, 4.69) is 14.9 Å². The molecular weight excluding hydrogens is 405 g/mol. The Bertz CT molecular complexity index is 1020. The first-order valence-electron chi connectivity index (χ1n) is 8.56. The minimum absolute atomic E-state index is 0.0580. The van der Waals surface area contributed by atoms with Gasteiger partial charge in [0.1, 0.15) is 0 Å². The van der Waals surface area contributed by atoms with E-state index in [0.29, 0.717) is 47.3 Å². The Kier molecular flexibility index (Phi) is 4.82. The zero-order valence-electron chi connectivity index (χ0n) is 14.6. The number of aromatic amines is 1. The average Bonchev–Trinajstić information content (AvgIpc) is 3.10. The summed E-state index contributed by atoms with van der Waals surface area (Å²) in [5.41, 5.74) is 2.19. The molecule has 3 aromatic rings. The van der Waals surface area contributed by atoms with Crippen molar-refractivity contribution in [3.8, 4) is 0 Å². The summed E-state index contributed by atoms with van der Waals surface area (Å²) >= 11 is 12.0. The van der Waals surface area contributed by atoms with Gasteiger partial charge in [-0.15, -0.1) is 0 Å². The summed E-state index contributed by atoms with van der Waals surface area (Å²) in [6.07, 6.45) is 0. The molecule has 1 N–H and O–H groups in total. The van der Waals surface area contributed by atoms with E-state index in [-0.39, 0.29) is 17.4 Å². The highest BCUT2D eigenvalue weighted by molar-refractivity contribution is 6.42. The van der Waals surface area contributed by atoms with Gasteiger partial charge in [-0.3, -0.25) is 14.9 Å². The normalized spacial score (nSPS) is 14.5. The summed E-state index contributed by atoms with van der Waals surface area (Å²) < 4.78 is 0. The van der Waals surface area contributed by atoms with Crippen molar-refractivity contribution in [3.05, 3.63) is 62.4 Å². The predicted octanol–water partition coefficient (Wildman–Crippen LogP) is 3.74. The molecule has 0 aliphatic carbocycles. The molecule has 0 spiro atoms. The van der Waals surface area contributed by atoms with Gasteiger partial charge in [0.15, 0.2) is 5.82 Å². The lowest BCUT2D eigenvalue weighted by molar-refractivity contribution is -0.384. The third-order valence-electron chi connectivity index (χ3n) is 4.72. The molecule has 1 aromatic heterocycles.